The van der Waals surface area contributed by atoms with Crippen LogP contribution in [0.2, 0.25) is 0 Å². The van der Waals surface area contributed by atoms with Crippen LogP contribution in [-0.4, -0.2) is 23.9 Å². The molecule has 0 spiro atoms. The number of hydrogen-bond donors (Lipinski definition) is 0. The van der Waals surface area contributed by atoms with Gasteiger partial charge in [-0.1, -0.05) is 13.3 Å². The summed E-state index contributed by atoms with van der Waals surface area (Å²) < 4.78 is 0. The molecule has 0 radical (unpaired) electrons. The van der Waals surface area contributed by atoms with E-state index in [9.17, 15) is 4.79 Å². The molecule has 1 rings (SSSR count). The fraction of sp³-hybridized carbons (Fsp3) is 0.538. The summed E-state index contributed by atoms with van der Waals surface area (Å²) in [6, 6.07) is 4.04. The quantitative estimate of drug-likeness (QED) is 0.715. The topological polar surface area (TPSA) is 33.2 Å². The number of Topliss-reactive ketones (excluding diaryl/α,β-unsaturated/α-hetero) is 1. The van der Waals surface area contributed by atoms with Crippen LogP contribution in [0, 0.1) is 0 Å². The summed E-state index contributed by atoms with van der Waals surface area (Å²) in [4.78, 5) is 17.9. The molecule has 0 aromatic carbocycles. The molecule has 0 saturated carbocycles. The molecule has 0 fully saturated rings. The van der Waals surface area contributed by atoms with Crippen molar-refractivity contribution >= 4 is 11.6 Å². The van der Waals surface area contributed by atoms with E-state index in [-0.39, 0.29) is 5.78 Å². The summed E-state index contributed by atoms with van der Waals surface area (Å²) in [6.07, 6.45) is 3.97. The van der Waals surface area contributed by atoms with E-state index in [0.717, 1.165) is 18.7 Å². The van der Waals surface area contributed by atoms with Crippen LogP contribution in [0.1, 0.15) is 44.0 Å². The van der Waals surface area contributed by atoms with Gasteiger partial charge >= 0.3 is 0 Å². The zero-order valence-corrected chi connectivity index (χ0v) is 10.5. The smallest absolute Gasteiger partial charge is 0.163 e. The number of aromatic nitrogens is 1. The first-order valence-corrected chi connectivity index (χ1v) is 5.76. The van der Waals surface area contributed by atoms with Gasteiger partial charge in [0, 0.05) is 19.3 Å². The molecule has 1 aromatic heterocycles. The zero-order chi connectivity index (χ0) is 12.1. The first-order valence-electron chi connectivity index (χ1n) is 5.76. The Morgan fingerprint density at radius 3 is 2.81 bits per heavy atom. The van der Waals surface area contributed by atoms with Gasteiger partial charge in [0.1, 0.15) is 5.82 Å². The van der Waals surface area contributed by atoms with Crippen molar-refractivity contribution in [2.75, 3.05) is 11.9 Å². The second kappa shape index (κ2) is 5.64. The summed E-state index contributed by atoms with van der Waals surface area (Å²) in [7, 11) is 2.00. The molecule has 0 aliphatic carbocycles. The van der Waals surface area contributed by atoms with Crippen molar-refractivity contribution in [3.63, 3.8) is 0 Å². The molecular weight excluding hydrogens is 200 g/mol. The minimum Gasteiger partial charge on any atom is -0.356 e. The van der Waals surface area contributed by atoms with Gasteiger partial charge in [-0.15, -0.1) is 0 Å². The fourth-order valence-corrected chi connectivity index (χ4v) is 1.77. The number of anilines is 1. The van der Waals surface area contributed by atoms with Crippen LogP contribution in [0.25, 0.3) is 0 Å². The molecule has 0 saturated heterocycles. The number of nitrogens with zero attached hydrogens (tertiary/aromatic N) is 2. The number of pyridine rings is 1. The molecule has 0 amide bonds. The second-order valence-corrected chi connectivity index (χ2v) is 4.18. The third kappa shape index (κ3) is 2.81. The van der Waals surface area contributed by atoms with E-state index in [1.807, 2.05) is 13.1 Å². The van der Waals surface area contributed by atoms with E-state index in [1.165, 1.54) is 0 Å². The third-order valence-electron chi connectivity index (χ3n) is 2.87. The Hall–Kier alpha value is -1.38. The lowest BCUT2D eigenvalue weighted by Gasteiger charge is -2.27. The van der Waals surface area contributed by atoms with Crippen LogP contribution >= 0.6 is 0 Å². The minimum absolute atomic E-state index is 0.0682. The first-order chi connectivity index (χ1) is 7.57. The van der Waals surface area contributed by atoms with E-state index in [4.69, 9.17) is 0 Å². The number of carbonyl (C=O) groups excluding carboxylic acids is 1. The predicted molar refractivity (Wildman–Crippen MR) is 67.0 cm³/mol. The first kappa shape index (κ1) is 12.7. The highest BCUT2D eigenvalue weighted by molar-refractivity contribution is 5.98. The molecule has 3 heteroatoms. The zero-order valence-electron chi connectivity index (χ0n) is 10.5. The van der Waals surface area contributed by atoms with E-state index in [1.54, 1.807) is 19.2 Å². The maximum atomic E-state index is 11.5. The van der Waals surface area contributed by atoms with Gasteiger partial charge in [0.2, 0.25) is 0 Å². The number of rotatable bonds is 5. The van der Waals surface area contributed by atoms with Crippen molar-refractivity contribution in [2.24, 2.45) is 0 Å². The Balaban J connectivity index is 2.98. The summed E-state index contributed by atoms with van der Waals surface area (Å²) in [5.74, 6) is 0.856. The van der Waals surface area contributed by atoms with Crippen LogP contribution in [0.15, 0.2) is 18.3 Å². The Kier molecular flexibility index (Phi) is 4.47. The largest absolute Gasteiger partial charge is 0.356 e. The molecule has 0 N–H and O–H groups in total. The Labute approximate surface area is 97.5 Å². The van der Waals surface area contributed by atoms with Gasteiger partial charge in [-0.05, 0) is 32.4 Å². The molecule has 1 aromatic rings. The highest BCUT2D eigenvalue weighted by atomic mass is 16.1. The highest BCUT2D eigenvalue weighted by Crippen LogP contribution is 2.19. The molecule has 3 nitrogen and oxygen atoms in total. The van der Waals surface area contributed by atoms with Gasteiger partial charge in [0.25, 0.3) is 0 Å². The highest BCUT2D eigenvalue weighted by Gasteiger charge is 2.15. The van der Waals surface area contributed by atoms with Crippen LogP contribution < -0.4 is 4.90 Å². The van der Waals surface area contributed by atoms with Gasteiger partial charge in [-0.2, -0.15) is 0 Å². The lowest BCUT2D eigenvalue weighted by molar-refractivity contribution is 0.101. The average molecular weight is 220 g/mol. The van der Waals surface area contributed by atoms with E-state index in [2.05, 4.69) is 23.7 Å². The lowest BCUT2D eigenvalue weighted by atomic mass is 10.1. The van der Waals surface area contributed by atoms with E-state index in [0.29, 0.717) is 11.6 Å². The number of ketones is 1. The van der Waals surface area contributed by atoms with E-state index >= 15 is 0 Å². The van der Waals surface area contributed by atoms with E-state index < -0.39 is 0 Å². The summed E-state index contributed by atoms with van der Waals surface area (Å²) in [6.45, 7) is 5.90. The monoisotopic (exact) mass is 220 g/mol. The second-order valence-electron chi connectivity index (χ2n) is 4.18. The molecule has 16 heavy (non-hydrogen) atoms. The van der Waals surface area contributed by atoms with Gasteiger partial charge in [0.15, 0.2) is 5.78 Å². The Morgan fingerprint density at radius 2 is 2.25 bits per heavy atom. The van der Waals surface area contributed by atoms with Crippen LogP contribution in [0.5, 0.6) is 0 Å². The van der Waals surface area contributed by atoms with Crippen LogP contribution in [-0.2, 0) is 0 Å². The van der Waals surface area contributed by atoms with Crippen molar-refractivity contribution < 1.29 is 4.79 Å². The maximum absolute atomic E-state index is 11.5. The van der Waals surface area contributed by atoms with Gasteiger partial charge < -0.3 is 4.90 Å². The van der Waals surface area contributed by atoms with Crippen molar-refractivity contribution in [1.29, 1.82) is 0 Å². The number of carbonyl (C=O) groups is 1. The SMILES string of the molecule is CCCC(C)N(C)c1ncccc1C(C)=O. The minimum atomic E-state index is 0.0682. The normalized spacial score (nSPS) is 12.2. The van der Waals surface area contributed by atoms with Gasteiger partial charge in [-0.25, -0.2) is 4.98 Å². The van der Waals surface area contributed by atoms with Crippen molar-refractivity contribution in [3.05, 3.63) is 23.9 Å². The van der Waals surface area contributed by atoms with Crippen LogP contribution in [0.3, 0.4) is 0 Å². The average Bonchev–Trinajstić information content (AvgIpc) is 2.28. The molecular formula is C13H20N2O. The van der Waals surface area contributed by atoms with Crippen LogP contribution in [0.4, 0.5) is 5.82 Å². The van der Waals surface area contributed by atoms with Crippen molar-refractivity contribution in [1.82, 2.24) is 4.98 Å². The molecule has 1 unspecified atom stereocenters. The molecule has 0 bridgehead atoms. The Morgan fingerprint density at radius 1 is 1.56 bits per heavy atom. The maximum Gasteiger partial charge on any atom is 0.163 e. The lowest BCUT2D eigenvalue weighted by Crippen LogP contribution is -2.30. The summed E-state index contributed by atoms with van der Waals surface area (Å²) in [5.41, 5.74) is 0.702. The fourth-order valence-electron chi connectivity index (χ4n) is 1.77. The standard InChI is InChI=1S/C13H20N2O/c1-5-7-10(2)15(4)13-12(11(3)16)8-6-9-14-13/h6,8-10H,5,7H2,1-4H3. The van der Waals surface area contributed by atoms with Crippen molar-refractivity contribution in [3.8, 4) is 0 Å². The Bertz CT molecular complexity index is 363. The number of hydrogen-bond acceptors (Lipinski definition) is 3. The van der Waals surface area contributed by atoms with Crippen molar-refractivity contribution in [2.45, 2.75) is 39.7 Å². The summed E-state index contributed by atoms with van der Waals surface area (Å²) in [5, 5.41) is 0. The van der Waals surface area contributed by atoms with Gasteiger partial charge in [0.05, 0.1) is 5.56 Å². The molecule has 88 valence electrons. The molecule has 0 aliphatic heterocycles. The predicted octanol–water partition coefficient (Wildman–Crippen LogP) is 2.91. The third-order valence-corrected chi connectivity index (χ3v) is 2.87. The molecule has 0 aliphatic rings. The molecule has 1 heterocycles. The van der Waals surface area contributed by atoms with Gasteiger partial charge in [-0.3, -0.25) is 4.79 Å². The molecule has 1 atom stereocenters. The summed E-state index contributed by atoms with van der Waals surface area (Å²) >= 11 is 0.